The number of rotatable bonds is 0. The minimum absolute atomic E-state index is 0.0494. The first-order valence-electron chi connectivity index (χ1n) is 9.58. The Bertz CT molecular complexity index is 506. The van der Waals surface area contributed by atoms with Crippen molar-refractivity contribution in [2.75, 3.05) is 6.61 Å². The first-order valence-corrected chi connectivity index (χ1v) is 10.5. The summed E-state index contributed by atoms with van der Waals surface area (Å²) >= 11 is 4.00. The lowest BCUT2D eigenvalue weighted by molar-refractivity contribution is -0.195. The first kappa shape index (κ1) is 16.8. The molecule has 0 spiro atoms. The van der Waals surface area contributed by atoms with Gasteiger partial charge >= 0.3 is 0 Å². The van der Waals surface area contributed by atoms with Gasteiger partial charge in [-0.25, -0.2) is 0 Å². The Morgan fingerprint density at radius 2 is 1.48 bits per heavy atom. The van der Waals surface area contributed by atoms with E-state index < -0.39 is 0 Å². The monoisotopic (exact) mass is 384 g/mol. The van der Waals surface area contributed by atoms with Crippen LogP contribution in [0.5, 0.6) is 0 Å². The minimum Gasteiger partial charge on any atom is -0.372 e. The molecule has 2 saturated carbocycles. The summed E-state index contributed by atoms with van der Waals surface area (Å²) in [4.78, 5) is 0.653. The quantitative estimate of drug-likeness (QED) is 0.415. The van der Waals surface area contributed by atoms with Gasteiger partial charge in [0, 0.05) is 4.83 Å². The maximum absolute atomic E-state index is 6.57. The van der Waals surface area contributed by atoms with Crippen LogP contribution >= 0.6 is 15.9 Å². The Hall–Kier alpha value is 0.400. The number of fused-ring (bicyclic) bond motifs is 4. The molecule has 0 aromatic carbocycles. The standard InChI is InChI=1S/C20H33BrO2/c1-17(2)13-6-10-19(4)14(18(13,3)9-8-15(17)21)7-11-20(5)16(23-20)12-22-19/h13-16H,6-12H2,1-5H3/t13-,14+,15-,16-,18-,19+,20+/m1/s1. The van der Waals surface area contributed by atoms with Crippen molar-refractivity contribution in [2.24, 2.45) is 22.7 Å². The minimum atomic E-state index is 0.0494. The van der Waals surface area contributed by atoms with Gasteiger partial charge in [0.05, 0.1) is 17.8 Å². The lowest BCUT2D eigenvalue weighted by Crippen LogP contribution is -2.61. The Labute approximate surface area is 150 Å². The summed E-state index contributed by atoms with van der Waals surface area (Å²) in [7, 11) is 0. The topological polar surface area (TPSA) is 21.8 Å². The smallest absolute Gasteiger partial charge is 0.110 e. The summed E-state index contributed by atoms with van der Waals surface area (Å²) in [5.74, 6) is 1.45. The maximum atomic E-state index is 6.57. The summed E-state index contributed by atoms with van der Waals surface area (Å²) in [5, 5.41) is 0. The summed E-state index contributed by atoms with van der Waals surface area (Å²) in [5.41, 5.74) is 0.929. The van der Waals surface area contributed by atoms with E-state index in [1.54, 1.807) is 0 Å². The van der Waals surface area contributed by atoms with Crippen LogP contribution in [-0.2, 0) is 9.47 Å². The van der Waals surface area contributed by atoms with E-state index in [0.29, 0.717) is 27.7 Å². The molecule has 2 aliphatic heterocycles. The van der Waals surface area contributed by atoms with Crippen LogP contribution in [0, 0.1) is 22.7 Å². The van der Waals surface area contributed by atoms with Gasteiger partial charge in [-0.1, -0.05) is 36.7 Å². The highest BCUT2D eigenvalue weighted by atomic mass is 79.9. The van der Waals surface area contributed by atoms with Gasteiger partial charge in [-0.15, -0.1) is 0 Å². The zero-order valence-corrected chi connectivity index (χ0v) is 17.0. The zero-order chi connectivity index (χ0) is 16.7. The third kappa shape index (κ3) is 2.32. The van der Waals surface area contributed by atoms with Gasteiger partial charge in [0.2, 0.25) is 0 Å². The van der Waals surface area contributed by atoms with Crippen molar-refractivity contribution < 1.29 is 9.47 Å². The second-order valence-electron chi connectivity index (χ2n) is 10.1. The molecule has 2 nitrogen and oxygen atoms in total. The van der Waals surface area contributed by atoms with E-state index in [1.165, 1.54) is 38.5 Å². The SMILES string of the molecule is CC1(C)[C@H](Br)CC[C@]2(C)[C@@H]1CC[C@]1(C)OC[C@H]3O[C@@]3(C)CC[C@@H]21. The summed E-state index contributed by atoms with van der Waals surface area (Å²) in [6.07, 6.45) is 7.97. The molecule has 2 aliphatic carbocycles. The molecule has 0 amide bonds. The van der Waals surface area contributed by atoms with Gasteiger partial charge < -0.3 is 9.47 Å². The Morgan fingerprint density at radius 1 is 0.826 bits per heavy atom. The molecule has 7 atom stereocenters. The zero-order valence-electron chi connectivity index (χ0n) is 15.5. The average Bonchev–Trinajstić information content (AvgIpc) is 3.09. The number of halogens is 1. The fraction of sp³-hybridized carbons (Fsp3) is 1.00. The van der Waals surface area contributed by atoms with E-state index in [0.717, 1.165) is 12.5 Å². The van der Waals surface area contributed by atoms with Crippen molar-refractivity contribution in [1.29, 1.82) is 0 Å². The van der Waals surface area contributed by atoms with Crippen LogP contribution in [0.15, 0.2) is 0 Å². The van der Waals surface area contributed by atoms with Crippen LogP contribution in [-0.4, -0.2) is 28.7 Å². The largest absolute Gasteiger partial charge is 0.372 e. The van der Waals surface area contributed by atoms with E-state index in [1.807, 2.05) is 0 Å². The molecule has 3 heteroatoms. The molecule has 4 aliphatic rings. The lowest BCUT2D eigenvalue weighted by atomic mass is 9.45. The van der Waals surface area contributed by atoms with Crippen molar-refractivity contribution in [3.8, 4) is 0 Å². The fourth-order valence-corrected chi connectivity index (χ4v) is 7.25. The highest BCUT2D eigenvalue weighted by Crippen LogP contribution is 2.65. The Balaban J connectivity index is 1.68. The predicted octanol–water partition coefficient (Wildman–Crippen LogP) is 5.33. The van der Waals surface area contributed by atoms with Crippen LogP contribution in [0.1, 0.15) is 73.1 Å². The number of ether oxygens (including phenoxy) is 2. The second-order valence-corrected chi connectivity index (χ2v) is 11.2. The van der Waals surface area contributed by atoms with Crippen molar-refractivity contribution >= 4 is 15.9 Å². The molecule has 132 valence electrons. The number of hydrogen-bond acceptors (Lipinski definition) is 2. The molecule has 0 radical (unpaired) electrons. The van der Waals surface area contributed by atoms with Crippen molar-refractivity contribution in [3.63, 3.8) is 0 Å². The van der Waals surface area contributed by atoms with E-state index in [9.17, 15) is 0 Å². The maximum Gasteiger partial charge on any atom is 0.110 e. The van der Waals surface area contributed by atoms with Crippen LogP contribution in [0.4, 0.5) is 0 Å². The average molecular weight is 385 g/mol. The molecule has 2 saturated heterocycles. The molecule has 23 heavy (non-hydrogen) atoms. The van der Waals surface area contributed by atoms with E-state index in [-0.39, 0.29) is 11.2 Å². The molecule has 4 fully saturated rings. The molecular formula is C20H33BrO2. The van der Waals surface area contributed by atoms with Gasteiger partial charge in [0.15, 0.2) is 0 Å². The van der Waals surface area contributed by atoms with Gasteiger partial charge in [-0.2, -0.15) is 0 Å². The highest BCUT2D eigenvalue weighted by molar-refractivity contribution is 9.09. The van der Waals surface area contributed by atoms with E-state index in [4.69, 9.17) is 9.47 Å². The first-order chi connectivity index (χ1) is 10.6. The number of alkyl halides is 1. The van der Waals surface area contributed by atoms with Gasteiger partial charge in [-0.05, 0) is 75.0 Å². The molecule has 0 aromatic rings. The van der Waals surface area contributed by atoms with Crippen LogP contribution < -0.4 is 0 Å². The van der Waals surface area contributed by atoms with Crippen molar-refractivity contribution in [2.45, 2.75) is 95.3 Å². The highest BCUT2D eigenvalue weighted by Gasteiger charge is 2.63. The van der Waals surface area contributed by atoms with Gasteiger partial charge in [-0.3, -0.25) is 0 Å². The van der Waals surface area contributed by atoms with Crippen LogP contribution in [0.2, 0.25) is 0 Å². The summed E-state index contributed by atoms with van der Waals surface area (Å²) in [6, 6.07) is 0. The van der Waals surface area contributed by atoms with Gasteiger partial charge in [0.25, 0.3) is 0 Å². The molecule has 4 rings (SSSR count). The van der Waals surface area contributed by atoms with Crippen molar-refractivity contribution in [3.05, 3.63) is 0 Å². The number of hydrogen-bond donors (Lipinski definition) is 0. The third-order valence-electron chi connectivity index (χ3n) is 8.43. The number of epoxide rings is 1. The summed E-state index contributed by atoms with van der Waals surface area (Å²) in [6.45, 7) is 13.0. The normalized spacial score (nSPS) is 58.2. The second kappa shape index (κ2) is 4.98. The van der Waals surface area contributed by atoms with E-state index >= 15 is 0 Å². The molecule has 2 heterocycles. The Kier molecular flexibility index (Phi) is 3.65. The molecule has 0 bridgehead atoms. The van der Waals surface area contributed by atoms with Gasteiger partial charge in [0.1, 0.15) is 6.10 Å². The molecular weight excluding hydrogens is 352 g/mol. The molecule has 0 aromatic heterocycles. The Morgan fingerprint density at radius 3 is 2.22 bits per heavy atom. The lowest BCUT2D eigenvalue weighted by Gasteiger charge is -2.63. The third-order valence-corrected chi connectivity index (χ3v) is 10.1. The van der Waals surface area contributed by atoms with Crippen LogP contribution in [0.25, 0.3) is 0 Å². The van der Waals surface area contributed by atoms with Crippen molar-refractivity contribution in [1.82, 2.24) is 0 Å². The summed E-state index contributed by atoms with van der Waals surface area (Å²) < 4.78 is 12.5. The predicted molar refractivity (Wildman–Crippen MR) is 96.9 cm³/mol. The fourth-order valence-electron chi connectivity index (χ4n) is 6.70. The van der Waals surface area contributed by atoms with Crippen LogP contribution in [0.3, 0.4) is 0 Å². The molecule has 0 N–H and O–H groups in total. The molecule has 0 unspecified atom stereocenters. The van der Waals surface area contributed by atoms with E-state index in [2.05, 4.69) is 50.5 Å².